The van der Waals surface area contributed by atoms with Crippen molar-refractivity contribution in [3.8, 4) is 11.1 Å². The van der Waals surface area contributed by atoms with Gasteiger partial charge in [-0.05, 0) is 25.3 Å². The predicted octanol–water partition coefficient (Wildman–Crippen LogP) is 3.21. The molecular formula is C23H26N6O. The summed E-state index contributed by atoms with van der Waals surface area (Å²) < 4.78 is 8.00. The number of aromatic nitrogens is 4. The van der Waals surface area contributed by atoms with Crippen LogP contribution in [0.4, 0.5) is 5.95 Å². The quantitative estimate of drug-likeness (QED) is 0.538. The third kappa shape index (κ3) is 2.52. The number of piperidine rings is 1. The highest BCUT2D eigenvalue weighted by molar-refractivity contribution is 6.03. The lowest BCUT2D eigenvalue weighted by Gasteiger charge is -2.41. The van der Waals surface area contributed by atoms with Crippen LogP contribution in [-0.2, 0) is 4.74 Å². The van der Waals surface area contributed by atoms with Crippen LogP contribution in [-0.4, -0.2) is 51.2 Å². The molecule has 0 saturated carbocycles. The van der Waals surface area contributed by atoms with Crippen LogP contribution in [0.3, 0.4) is 0 Å². The number of hydrogen-bond donors (Lipinski definition) is 2. The summed E-state index contributed by atoms with van der Waals surface area (Å²) in [4.78, 5) is 15.5. The van der Waals surface area contributed by atoms with Crippen LogP contribution in [0.25, 0.3) is 27.8 Å². The van der Waals surface area contributed by atoms with Crippen molar-refractivity contribution >= 4 is 22.6 Å². The maximum Gasteiger partial charge on any atom is 0.213 e. The molecule has 0 unspecified atom stereocenters. The van der Waals surface area contributed by atoms with Gasteiger partial charge in [-0.15, -0.1) is 0 Å². The highest BCUT2D eigenvalue weighted by atomic mass is 16.5. The van der Waals surface area contributed by atoms with E-state index in [9.17, 15) is 0 Å². The Hall–Kier alpha value is -2.90. The number of nitrogens with two attached hydrogens (primary N) is 1. The van der Waals surface area contributed by atoms with Crippen LogP contribution in [0.2, 0.25) is 0 Å². The summed E-state index contributed by atoms with van der Waals surface area (Å²) in [6, 6.07) is 10.5. The van der Waals surface area contributed by atoms with Crippen LogP contribution in [0.5, 0.6) is 0 Å². The Kier molecular flexibility index (Phi) is 3.91. The normalized spacial score (nSPS) is 23.7. The van der Waals surface area contributed by atoms with E-state index in [1.54, 1.807) is 0 Å². The maximum atomic E-state index is 6.50. The molecule has 3 aromatic heterocycles. The summed E-state index contributed by atoms with van der Waals surface area (Å²) >= 11 is 0. The van der Waals surface area contributed by atoms with E-state index in [2.05, 4.69) is 50.5 Å². The van der Waals surface area contributed by atoms with Crippen molar-refractivity contribution in [3.63, 3.8) is 0 Å². The van der Waals surface area contributed by atoms with Gasteiger partial charge in [-0.25, -0.2) is 4.98 Å². The standard InChI is InChI=1S/C23H26N6O/c1-15-19(24)23(14-30-15)7-10-28(11-8-23)22-27-20-18(21-25-9-12-29(21)22)17(13-26-20)16-5-3-2-4-6-16/h2-6,9,12-13,15,19,26H,7-8,10-11,14,24H2,1H3/t15-,19+/m0/s1. The summed E-state index contributed by atoms with van der Waals surface area (Å²) in [7, 11) is 0. The number of aromatic amines is 1. The molecule has 2 saturated heterocycles. The summed E-state index contributed by atoms with van der Waals surface area (Å²) in [5, 5.41) is 1.06. The molecule has 2 aliphatic heterocycles. The Morgan fingerprint density at radius 3 is 2.73 bits per heavy atom. The van der Waals surface area contributed by atoms with Gasteiger partial charge >= 0.3 is 0 Å². The van der Waals surface area contributed by atoms with Gasteiger partial charge in [0.1, 0.15) is 5.65 Å². The number of nitrogens with zero attached hydrogens (tertiary/aromatic N) is 4. The second kappa shape index (κ2) is 6.55. The zero-order valence-corrected chi connectivity index (χ0v) is 17.1. The Morgan fingerprint density at radius 1 is 1.20 bits per heavy atom. The number of anilines is 1. The molecule has 0 bridgehead atoms. The van der Waals surface area contributed by atoms with Crippen LogP contribution in [0, 0.1) is 5.41 Å². The van der Waals surface area contributed by atoms with Gasteiger partial charge in [0.25, 0.3) is 0 Å². The van der Waals surface area contributed by atoms with Gasteiger partial charge < -0.3 is 20.4 Å². The van der Waals surface area contributed by atoms with E-state index in [4.69, 9.17) is 15.5 Å². The van der Waals surface area contributed by atoms with Gasteiger partial charge in [0.15, 0.2) is 5.65 Å². The van der Waals surface area contributed by atoms with Crippen molar-refractivity contribution in [2.24, 2.45) is 11.1 Å². The predicted molar refractivity (Wildman–Crippen MR) is 118 cm³/mol. The Labute approximate surface area is 174 Å². The van der Waals surface area contributed by atoms with Gasteiger partial charge in [-0.2, -0.15) is 4.98 Å². The van der Waals surface area contributed by atoms with Crippen molar-refractivity contribution < 1.29 is 4.74 Å². The molecule has 2 aliphatic rings. The fraction of sp³-hybridized carbons (Fsp3) is 0.391. The Balaban J connectivity index is 1.39. The zero-order chi connectivity index (χ0) is 20.3. The first-order chi connectivity index (χ1) is 14.7. The molecule has 0 radical (unpaired) electrons. The number of hydrogen-bond acceptors (Lipinski definition) is 5. The van der Waals surface area contributed by atoms with E-state index in [0.717, 1.165) is 66.3 Å². The summed E-state index contributed by atoms with van der Waals surface area (Å²) in [5.41, 5.74) is 10.7. The van der Waals surface area contributed by atoms with E-state index in [0.29, 0.717) is 0 Å². The fourth-order valence-corrected chi connectivity index (χ4v) is 5.22. The van der Waals surface area contributed by atoms with Crippen LogP contribution < -0.4 is 10.6 Å². The molecule has 2 fully saturated rings. The van der Waals surface area contributed by atoms with Crippen LogP contribution >= 0.6 is 0 Å². The van der Waals surface area contributed by atoms with Gasteiger partial charge in [-0.1, -0.05) is 30.3 Å². The Bertz CT molecular complexity index is 1200. The van der Waals surface area contributed by atoms with E-state index >= 15 is 0 Å². The average molecular weight is 403 g/mol. The van der Waals surface area contributed by atoms with Crippen molar-refractivity contribution in [3.05, 3.63) is 48.9 Å². The molecule has 0 amide bonds. The van der Waals surface area contributed by atoms with Crippen molar-refractivity contribution in [1.29, 1.82) is 0 Å². The molecule has 30 heavy (non-hydrogen) atoms. The van der Waals surface area contributed by atoms with Gasteiger partial charge in [-0.3, -0.25) is 4.40 Å². The smallest absolute Gasteiger partial charge is 0.213 e. The number of nitrogens with one attached hydrogen (secondary N) is 1. The zero-order valence-electron chi connectivity index (χ0n) is 17.1. The molecule has 2 atom stereocenters. The number of H-pyrrole nitrogens is 1. The summed E-state index contributed by atoms with van der Waals surface area (Å²) in [6.07, 6.45) is 8.09. The molecule has 4 aromatic rings. The highest BCUT2D eigenvalue weighted by Crippen LogP contribution is 2.42. The van der Waals surface area contributed by atoms with Gasteiger partial charge in [0.05, 0.1) is 18.1 Å². The largest absolute Gasteiger partial charge is 0.376 e. The molecule has 1 aromatic carbocycles. The molecule has 1 spiro atoms. The van der Waals surface area contributed by atoms with Crippen molar-refractivity contribution in [2.75, 3.05) is 24.6 Å². The number of benzene rings is 1. The second-order valence-electron chi connectivity index (χ2n) is 8.72. The maximum absolute atomic E-state index is 6.50. The highest BCUT2D eigenvalue weighted by Gasteiger charge is 2.47. The van der Waals surface area contributed by atoms with Crippen molar-refractivity contribution in [1.82, 2.24) is 19.4 Å². The Morgan fingerprint density at radius 2 is 2.00 bits per heavy atom. The van der Waals surface area contributed by atoms with Crippen molar-refractivity contribution in [2.45, 2.75) is 31.9 Å². The molecular weight excluding hydrogens is 376 g/mol. The van der Waals surface area contributed by atoms with Gasteiger partial charge in [0, 0.05) is 48.7 Å². The number of rotatable bonds is 2. The van der Waals surface area contributed by atoms with Crippen LogP contribution in [0.1, 0.15) is 19.8 Å². The number of ether oxygens (including phenoxy) is 1. The molecule has 6 rings (SSSR count). The third-order valence-corrected chi connectivity index (χ3v) is 7.12. The fourth-order valence-electron chi connectivity index (χ4n) is 5.22. The SMILES string of the molecule is C[C@@H]1OCC2(CCN(c3nc4[nH]cc(-c5ccccc5)c4c4nccn34)CC2)[C@@H]1N. The topological polar surface area (TPSA) is 84.5 Å². The molecule has 154 valence electrons. The first-order valence-electron chi connectivity index (χ1n) is 10.7. The molecule has 5 heterocycles. The van der Waals surface area contributed by atoms with E-state index in [-0.39, 0.29) is 17.6 Å². The second-order valence-corrected chi connectivity index (χ2v) is 8.72. The van der Waals surface area contributed by atoms with E-state index in [1.165, 1.54) is 0 Å². The minimum atomic E-state index is 0.0982. The minimum Gasteiger partial charge on any atom is -0.376 e. The average Bonchev–Trinajstić information content (AvgIpc) is 3.49. The lowest BCUT2D eigenvalue weighted by atomic mass is 9.73. The van der Waals surface area contributed by atoms with Gasteiger partial charge in [0.2, 0.25) is 5.95 Å². The first kappa shape index (κ1) is 17.9. The lowest BCUT2D eigenvalue weighted by Crippen LogP contribution is -2.51. The molecule has 7 nitrogen and oxygen atoms in total. The molecule has 3 N–H and O–H groups in total. The lowest BCUT2D eigenvalue weighted by molar-refractivity contribution is 0.0973. The van der Waals surface area contributed by atoms with E-state index < -0.39 is 0 Å². The molecule has 0 aliphatic carbocycles. The first-order valence-corrected chi connectivity index (χ1v) is 10.7. The minimum absolute atomic E-state index is 0.0982. The summed E-state index contributed by atoms with van der Waals surface area (Å²) in [5.74, 6) is 0.937. The number of imidazole rings is 1. The third-order valence-electron chi connectivity index (χ3n) is 7.12. The number of fused-ring (bicyclic) bond motifs is 3. The van der Waals surface area contributed by atoms with E-state index in [1.807, 2.05) is 24.7 Å². The van der Waals surface area contributed by atoms with Crippen LogP contribution in [0.15, 0.2) is 48.9 Å². The molecule has 7 heteroatoms. The monoisotopic (exact) mass is 402 g/mol. The summed E-state index contributed by atoms with van der Waals surface area (Å²) in [6.45, 7) is 4.70.